The zero-order valence-corrected chi connectivity index (χ0v) is 18.5. The molecule has 0 bridgehead atoms. The number of ether oxygens (including phenoxy) is 2. The van der Waals surface area contributed by atoms with Crippen LogP contribution in [0.3, 0.4) is 0 Å². The fraction of sp³-hybridized carbons (Fsp3) is 0.750. The Bertz CT molecular complexity index is 503. The van der Waals surface area contributed by atoms with Crippen molar-refractivity contribution in [3.05, 3.63) is 23.7 Å². The quantitative estimate of drug-likeness (QED) is 0.191. The number of carbonyl (C=O) groups is 2. The molecule has 5 heteroatoms. The fourth-order valence-corrected chi connectivity index (χ4v) is 3.22. The normalized spacial score (nSPS) is 10.8. The van der Waals surface area contributed by atoms with E-state index in [0.717, 1.165) is 32.1 Å². The minimum absolute atomic E-state index is 0.0579. The van der Waals surface area contributed by atoms with E-state index in [0.29, 0.717) is 13.2 Å². The van der Waals surface area contributed by atoms with Crippen LogP contribution in [0.15, 0.2) is 16.7 Å². The summed E-state index contributed by atoms with van der Waals surface area (Å²) in [5, 5.41) is 0. The van der Waals surface area contributed by atoms with Gasteiger partial charge in [-0.25, -0.2) is 9.59 Å². The van der Waals surface area contributed by atoms with Crippen LogP contribution in [0.5, 0.6) is 0 Å². The van der Waals surface area contributed by atoms with Gasteiger partial charge in [-0.05, 0) is 18.9 Å². The Labute approximate surface area is 176 Å². The molecule has 0 unspecified atom stereocenters. The number of esters is 2. The van der Waals surface area contributed by atoms with Gasteiger partial charge in [0.05, 0.1) is 19.5 Å². The largest absolute Gasteiger partial charge is 0.462 e. The lowest BCUT2D eigenvalue weighted by atomic mass is 10.1. The van der Waals surface area contributed by atoms with Crippen molar-refractivity contribution >= 4 is 11.9 Å². The Kier molecular flexibility index (Phi) is 14.9. The van der Waals surface area contributed by atoms with Crippen molar-refractivity contribution in [2.24, 2.45) is 0 Å². The van der Waals surface area contributed by atoms with Gasteiger partial charge in [-0.1, -0.05) is 90.9 Å². The third-order valence-electron chi connectivity index (χ3n) is 5.03. The van der Waals surface area contributed by atoms with Crippen LogP contribution in [-0.2, 0) is 9.47 Å². The lowest BCUT2D eigenvalue weighted by Gasteiger charge is -2.06. The summed E-state index contributed by atoms with van der Waals surface area (Å²) in [6.07, 6.45) is 17.5. The standard InChI is InChI=1S/C24H40O5/c1-3-5-7-9-11-13-15-18-28-23(25)21-17-20-27-22(21)24(26)29-19-16-14-12-10-8-6-4-2/h17,20H,3-16,18-19H2,1-2H3. The van der Waals surface area contributed by atoms with E-state index >= 15 is 0 Å². The number of furan rings is 1. The Morgan fingerprint density at radius 3 is 1.66 bits per heavy atom. The average Bonchev–Trinajstić information content (AvgIpc) is 3.22. The molecule has 5 nitrogen and oxygen atoms in total. The van der Waals surface area contributed by atoms with Gasteiger partial charge in [0, 0.05) is 0 Å². The summed E-state index contributed by atoms with van der Waals surface area (Å²) in [6, 6.07) is 1.47. The first-order chi connectivity index (χ1) is 14.2. The van der Waals surface area contributed by atoms with Gasteiger partial charge in [-0.3, -0.25) is 0 Å². The van der Waals surface area contributed by atoms with Crippen LogP contribution in [0, 0.1) is 0 Å². The molecule has 29 heavy (non-hydrogen) atoms. The molecule has 0 aliphatic rings. The summed E-state index contributed by atoms with van der Waals surface area (Å²) in [6.45, 7) is 5.12. The van der Waals surface area contributed by atoms with E-state index in [1.807, 2.05) is 0 Å². The minimum Gasteiger partial charge on any atom is -0.462 e. The van der Waals surface area contributed by atoms with Crippen molar-refractivity contribution in [1.29, 1.82) is 0 Å². The second-order valence-corrected chi connectivity index (χ2v) is 7.68. The van der Waals surface area contributed by atoms with Crippen molar-refractivity contribution in [1.82, 2.24) is 0 Å². The van der Waals surface area contributed by atoms with Crippen molar-refractivity contribution < 1.29 is 23.5 Å². The molecule has 0 atom stereocenters. The molecule has 1 rings (SSSR count). The number of hydrogen-bond donors (Lipinski definition) is 0. The first-order valence-electron chi connectivity index (χ1n) is 11.6. The van der Waals surface area contributed by atoms with Gasteiger partial charge in [-0.15, -0.1) is 0 Å². The average molecular weight is 409 g/mol. The van der Waals surface area contributed by atoms with Gasteiger partial charge in [0.2, 0.25) is 5.76 Å². The summed E-state index contributed by atoms with van der Waals surface area (Å²) >= 11 is 0. The lowest BCUT2D eigenvalue weighted by Crippen LogP contribution is -2.13. The molecule has 0 fully saturated rings. The van der Waals surface area contributed by atoms with E-state index in [-0.39, 0.29) is 11.3 Å². The maximum atomic E-state index is 12.2. The lowest BCUT2D eigenvalue weighted by molar-refractivity contribution is 0.0423. The molecule has 0 radical (unpaired) electrons. The predicted octanol–water partition coefficient (Wildman–Crippen LogP) is 7.09. The molecule has 0 spiro atoms. The highest BCUT2D eigenvalue weighted by molar-refractivity contribution is 6.01. The molecule has 1 heterocycles. The van der Waals surface area contributed by atoms with E-state index in [4.69, 9.17) is 13.9 Å². The zero-order chi connectivity index (χ0) is 21.2. The van der Waals surface area contributed by atoms with E-state index in [2.05, 4.69) is 13.8 Å². The van der Waals surface area contributed by atoms with Crippen LogP contribution in [-0.4, -0.2) is 25.2 Å². The number of unbranched alkanes of at least 4 members (excludes halogenated alkanes) is 12. The molecular formula is C24H40O5. The number of hydrogen-bond acceptors (Lipinski definition) is 5. The van der Waals surface area contributed by atoms with Crippen LogP contribution in [0.25, 0.3) is 0 Å². The van der Waals surface area contributed by atoms with Crippen molar-refractivity contribution in [2.45, 2.75) is 104 Å². The molecule has 0 saturated heterocycles. The Hall–Kier alpha value is -1.78. The third-order valence-corrected chi connectivity index (χ3v) is 5.03. The van der Waals surface area contributed by atoms with E-state index < -0.39 is 11.9 Å². The molecule has 0 aliphatic carbocycles. The maximum Gasteiger partial charge on any atom is 0.375 e. The summed E-state index contributed by atoms with van der Waals surface area (Å²) in [5.74, 6) is -1.17. The maximum absolute atomic E-state index is 12.2. The predicted molar refractivity (Wildman–Crippen MR) is 115 cm³/mol. The van der Waals surface area contributed by atoms with Gasteiger partial charge in [-0.2, -0.15) is 0 Å². The van der Waals surface area contributed by atoms with Crippen molar-refractivity contribution in [3.8, 4) is 0 Å². The van der Waals surface area contributed by atoms with E-state index in [1.165, 1.54) is 70.1 Å². The van der Waals surface area contributed by atoms with Crippen LogP contribution in [0.2, 0.25) is 0 Å². The highest BCUT2D eigenvalue weighted by Gasteiger charge is 2.23. The van der Waals surface area contributed by atoms with Crippen LogP contribution < -0.4 is 0 Å². The van der Waals surface area contributed by atoms with Crippen LogP contribution >= 0.6 is 0 Å². The molecule has 0 amide bonds. The highest BCUT2D eigenvalue weighted by Crippen LogP contribution is 2.15. The van der Waals surface area contributed by atoms with Crippen LogP contribution in [0.1, 0.15) is 125 Å². The van der Waals surface area contributed by atoms with Gasteiger partial charge in [0.15, 0.2) is 0 Å². The van der Waals surface area contributed by atoms with Gasteiger partial charge in [0.1, 0.15) is 5.56 Å². The summed E-state index contributed by atoms with van der Waals surface area (Å²) < 4.78 is 15.7. The van der Waals surface area contributed by atoms with Gasteiger partial charge >= 0.3 is 11.9 Å². The first-order valence-corrected chi connectivity index (χ1v) is 11.6. The van der Waals surface area contributed by atoms with Gasteiger partial charge < -0.3 is 13.9 Å². The highest BCUT2D eigenvalue weighted by atomic mass is 16.5. The fourth-order valence-electron chi connectivity index (χ4n) is 3.22. The third kappa shape index (κ3) is 11.7. The summed E-state index contributed by atoms with van der Waals surface area (Å²) in [5.41, 5.74) is 0.150. The van der Waals surface area contributed by atoms with E-state index in [9.17, 15) is 9.59 Å². The molecule has 166 valence electrons. The van der Waals surface area contributed by atoms with Gasteiger partial charge in [0.25, 0.3) is 0 Å². The molecule has 1 aromatic heterocycles. The smallest absolute Gasteiger partial charge is 0.375 e. The number of carbonyl (C=O) groups excluding carboxylic acids is 2. The van der Waals surface area contributed by atoms with Crippen molar-refractivity contribution in [3.63, 3.8) is 0 Å². The molecule has 0 N–H and O–H groups in total. The monoisotopic (exact) mass is 408 g/mol. The molecule has 0 aromatic carbocycles. The molecule has 1 aromatic rings. The second-order valence-electron chi connectivity index (χ2n) is 7.68. The Balaban J connectivity index is 2.19. The molecule has 0 aliphatic heterocycles. The Morgan fingerprint density at radius 2 is 1.14 bits per heavy atom. The summed E-state index contributed by atoms with van der Waals surface area (Å²) in [7, 11) is 0. The van der Waals surface area contributed by atoms with E-state index in [1.54, 1.807) is 0 Å². The first kappa shape index (κ1) is 25.3. The zero-order valence-electron chi connectivity index (χ0n) is 18.5. The number of rotatable bonds is 18. The summed E-state index contributed by atoms with van der Waals surface area (Å²) in [4.78, 5) is 24.4. The topological polar surface area (TPSA) is 65.7 Å². The molecular weight excluding hydrogens is 368 g/mol. The SMILES string of the molecule is CCCCCCCCCOC(=O)c1ccoc1C(=O)OCCCCCCCCC. The second kappa shape index (κ2) is 17.1. The molecule has 0 saturated carbocycles. The Morgan fingerprint density at radius 1 is 0.690 bits per heavy atom. The minimum atomic E-state index is -0.594. The van der Waals surface area contributed by atoms with Crippen LogP contribution in [0.4, 0.5) is 0 Å². The van der Waals surface area contributed by atoms with Crippen molar-refractivity contribution in [2.75, 3.05) is 13.2 Å².